The molecule has 0 fully saturated rings. The van der Waals surface area contributed by atoms with Crippen LogP contribution in [-0.2, 0) is 9.53 Å². The highest BCUT2D eigenvalue weighted by molar-refractivity contribution is 8.00. The third-order valence-electron chi connectivity index (χ3n) is 2.97. The molecular weight excluding hydrogens is 327 g/mol. The molecule has 0 aromatic rings. The Morgan fingerprint density at radius 3 is 2.14 bits per heavy atom. The zero-order valence-corrected chi connectivity index (χ0v) is 13.8. The first-order valence-electron chi connectivity index (χ1n) is 7.25. The van der Waals surface area contributed by atoms with Crippen LogP contribution in [0.15, 0.2) is 0 Å². The average molecular weight is 350 g/mol. The summed E-state index contributed by atoms with van der Waals surface area (Å²) < 4.78 is 66.2. The normalized spacial score (nSPS) is 14.2. The molecule has 1 atom stereocenters. The molecule has 1 unspecified atom stereocenters. The summed E-state index contributed by atoms with van der Waals surface area (Å²) in [5.74, 6) is -4.34. The van der Waals surface area contributed by atoms with E-state index in [-0.39, 0.29) is 36.6 Å². The number of carbonyl (C=O) groups excluding carboxylic acids is 1. The van der Waals surface area contributed by atoms with Gasteiger partial charge in [0.2, 0.25) is 0 Å². The lowest BCUT2D eigenvalue weighted by atomic mass is 10.1. The minimum atomic E-state index is -5.48. The lowest BCUT2D eigenvalue weighted by molar-refractivity contribution is -0.284. The largest absolute Gasteiger partial charge is 0.465 e. The van der Waals surface area contributed by atoms with Gasteiger partial charge in [0.25, 0.3) is 0 Å². The molecule has 8 heteroatoms. The van der Waals surface area contributed by atoms with Gasteiger partial charge in [0.1, 0.15) is 5.25 Å². The predicted molar refractivity (Wildman–Crippen MR) is 77.2 cm³/mol. The lowest BCUT2D eigenvalue weighted by Gasteiger charge is -2.20. The summed E-state index contributed by atoms with van der Waals surface area (Å²) in [6.07, 6.45) is -6.10. The highest BCUT2D eigenvalue weighted by atomic mass is 32.2. The smallest absolute Gasteiger partial charge is 0.453 e. The second kappa shape index (κ2) is 9.57. The molecule has 0 N–H and O–H groups in total. The Morgan fingerprint density at radius 1 is 1.09 bits per heavy atom. The minimum Gasteiger partial charge on any atom is -0.465 e. The van der Waals surface area contributed by atoms with E-state index in [1.54, 1.807) is 6.92 Å². The Hall–Kier alpha value is -0.530. The molecule has 0 saturated heterocycles. The number of hydrogen-bond donors (Lipinski definition) is 0. The molecule has 0 bridgehead atoms. The maximum Gasteiger partial charge on any atom is 0.453 e. The third-order valence-corrected chi connectivity index (χ3v) is 4.59. The van der Waals surface area contributed by atoms with Crippen molar-refractivity contribution in [2.45, 2.75) is 63.8 Å². The van der Waals surface area contributed by atoms with Crippen molar-refractivity contribution in [2.75, 3.05) is 12.4 Å². The predicted octanol–water partition coefficient (Wildman–Crippen LogP) is 5.07. The summed E-state index contributed by atoms with van der Waals surface area (Å²) in [6, 6.07) is 0. The van der Waals surface area contributed by atoms with Crippen LogP contribution in [0.1, 0.15) is 46.5 Å². The van der Waals surface area contributed by atoms with E-state index in [9.17, 15) is 26.7 Å². The van der Waals surface area contributed by atoms with Gasteiger partial charge in [0, 0.05) is 6.42 Å². The fourth-order valence-electron chi connectivity index (χ4n) is 1.73. The molecule has 2 nitrogen and oxygen atoms in total. The van der Waals surface area contributed by atoms with Crippen LogP contribution >= 0.6 is 11.8 Å². The highest BCUT2D eigenvalue weighted by Gasteiger charge is 2.56. The molecule has 0 aromatic carbocycles. The van der Waals surface area contributed by atoms with Crippen molar-refractivity contribution in [2.24, 2.45) is 5.92 Å². The number of rotatable bonds is 10. The van der Waals surface area contributed by atoms with Crippen LogP contribution in [0.5, 0.6) is 0 Å². The fourth-order valence-corrected chi connectivity index (χ4v) is 2.95. The summed E-state index contributed by atoms with van der Waals surface area (Å²) in [4.78, 5) is 11.7. The first-order chi connectivity index (χ1) is 10.0. The summed E-state index contributed by atoms with van der Waals surface area (Å²) in [6.45, 7) is 5.74. The molecule has 22 heavy (non-hydrogen) atoms. The van der Waals surface area contributed by atoms with Crippen LogP contribution in [0.4, 0.5) is 22.0 Å². The molecular formula is C14H23F5O2S. The van der Waals surface area contributed by atoms with E-state index in [0.717, 1.165) is 0 Å². The van der Waals surface area contributed by atoms with Crippen LogP contribution in [0.3, 0.4) is 0 Å². The number of carbonyl (C=O) groups is 1. The molecule has 0 aliphatic rings. The van der Waals surface area contributed by atoms with Crippen molar-refractivity contribution in [3.8, 4) is 0 Å². The van der Waals surface area contributed by atoms with Gasteiger partial charge >= 0.3 is 18.1 Å². The zero-order valence-electron chi connectivity index (χ0n) is 13.0. The van der Waals surface area contributed by atoms with Crippen LogP contribution in [-0.4, -0.2) is 35.7 Å². The number of alkyl halides is 5. The van der Waals surface area contributed by atoms with Crippen molar-refractivity contribution in [1.29, 1.82) is 0 Å². The van der Waals surface area contributed by atoms with Crippen LogP contribution in [0.25, 0.3) is 0 Å². The van der Waals surface area contributed by atoms with E-state index in [1.165, 1.54) is 11.8 Å². The first kappa shape index (κ1) is 21.5. The van der Waals surface area contributed by atoms with Crippen molar-refractivity contribution in [1.82, 2.24) is 0 Å². The number of ether oxygens (including phenoxy) is 1. The van der Waals surface area contributed by atoms with E-state index < -0.39 is 18.5 Å². The average Bonchev–Trinajstić information content (AvgIpc) is 2.35. The summed E-state index contributed by atoms with van der Waals surface area (Å²) in [5.41, 5.74) is 0. The second-order valence-electron chi connectivity index (χ2n) is 5.30. The maximum atomic E-state index is 12.7. The number of thioether (sulfide) groups is 1. The van der Waals surface area contributed by atoms with Crippen molar-refractivity contribution < 1.29 is 31.5 Å². The number of hydrogen-bond acceptors (Lipinski definition) is 3. The van der Waals surface area contributed by atoms with Gasteiger partial charge in [-0.25, -0.2) is 0 Å². The van der Waals surface area contributed by atoms with Crippen LogP contribution in [0, 0.1) is 5.92 Å². The monoisotopic (exact) mass is 350 g/mol. The zero-order chi connectivity index (χ0) is 17.4. The third kappa shape index (κ3) is 7.65. The van der Waals surface area contributed by atoms with E-state index >= 15 is 0 Å². The van der Waals surface area contributed by atoms with Gasteiger partial charge in [-0.05, 0) is 31.4 Å². The summed E-state index contributed by atoms with van der Waals surface area (Å²) >= 11 is 1.36. The molecule has 0 heterocycles. The summed E-state index contributed by atoms with van der Waals surface area (Å²) in [7, 11) is 0. The number of unbranched alkanes of at least 4 members (excludes halogenated alkanes) is 2. The van der Waals surface area contributed by atoms with Gasteiger partial charge in [0.15, 0.2) is 0 Å². The minimum absolute atomic E-state index is 0.0682. The SMILES string of the molecule is CCOC(=O)C(SCCCCCC(F)(F)C(F)(F)F)C(C)C. The Bertz CT molecular complexity index is 332. The number of esters is 1. The maximum absolute atomic E-state index is 12.7. The Morgan fingerprint density at radius 2 is 1.68 bits per heavy atom. The van der Waals surface area contributed by atoms with E-state index in [0.29, 0.717) is 12.2 Å². The molecule has 0 aromatic heterocycles. The Kier molecular flexibility index (Phi) is 9.34. The Balaban J connectivity index is 3.99. The van der Waals surface area contributed by atoms with Crippen LogP contribution < -0.4 is 0 Å². The van der Waals surface area contributed by atoms with E-state index in [2.05, 4.69) is 0 Å². The molecule has 132 valence electrons. The quantitative estimate of drug-likeness (QED) is 0.313. The van der Waals surface area contributed by atoms with Gasteiger partial charge in [-0.3, -0.25) is 4.79 Å². The van der Waals surface area contributed by atoms with Gasteiger partial charge in [-0.2, -0.15) is 22.0 Å². The van der Waals surface area contributed by atoms with Gasteiger partial charge < -0.3 is 4.74 Å². The van der Waals surface area contributed by atoms with Gasteiger partial charge in [-0.1, -0.05) is 20.3 Å². The molecule has 0 radical (unpaired) electrons. The van der Waals surface area contributed by atoms with Crippen molar-refractivity contribution in [3.63, 3.8) is 0 Å². The van der Waals surface area contributed by atoms with Crippen molar-refractivity contribution in [3.05, 3.63) is 0 Å². The molecule has 0 aliphatic carbocycles. The second-order valence-corrected chi connectivity index (χ2v) is 6.55. The molecule has 0 amide bonds. The van der Waals surface area contributed by atoms with E-state index in [4.69, 9.17) is 4.74 Å². The lowest BCUT2D eigenvalue weighted by Crippen LogP contribution is -2.36. The highest BCUT2D eigenvalue weighted by Crippen LogP contribution is 2.39. The molecule has 0 aliphatic heterocycles. The van der Waals surface area contributed by atoms with E-state index in [1.807, 2.05) is 13.8 Å². The van der Waals surface area contributed by atoms with Gasteiger partial charge in [0.05, 0.1) is 6.61 Å². The molecule has 0 spiro atoms. The topological polar surface area (TPSA) is 26.3 Å². The molecule has 0 saturated carbocycles. The number of halogens is 5. The molecule has 0 rings (SSSR count). The van der Waals surface area contributed by atoms with Crippen LogP contribution in [0.2, 0.25) is 0 Å². The fraction of sp³-hybridized carbons (Fsp3) is 0.929. The van der Waals surface area contributed by atoms with Crippen molar-refractivity contribution >= 4 is 17.7 Å². The standard InChI is InChI=1S/C14H23F5O2S/c1-4-21-12(20)11(10(2)3)22-9-7-5-6-8-13(15,16)14(17,18)19/h10-11H,4-9H2,1-3H3. The Labute approximate surface area is 132 Å². The first-order valence-corrected chi connectivity index (χ1v) is 8.30. The van der Waals surface area contributed by atoms with Gasteiger partial charge in [-0.15, -0.1) is 11.8 Å². The summed E-state index contributed by atoms with van der Waals surface area (Å²) in [5, 5.41) is -0.337.